The summed E-state index contributed by atoms with van der Waals surface area (Å²) in [5.41, 5.74) is 8.03. The molecule has 176 valence electrons. The van der Waals surface area contributed by atoms with Crippen molar-refractivity contribution < 1.29 is 14.3 Å². The highest BCUT2D eigenvalue weighted by atomic mass is 35.5. The Labute approximate surface area is 199 Å². The number of nitrogen functional groups attached to an aromatic ring is 1. The lowest BCUT2D eigenvalue weighted by Crippen LogP contribution is -2.56. The van der Waals surface area contributed by atoms with Gasteiger partial charge in [-0.1, -0.05) is 11.6 Å². The van der Waals surface area contributed by atoms with Crippen molar-refractivity contribution in [1.29, 1.82) is 0 Å². The third-order valence-electron chi connectivity index (χ3n) is 6.64. The molecule has 2 saturated carbocycles. The maximum atomic E-state index is 12.8. The summed E-state index contributed by atoms with van der Waals surface area (Å²) in [6.45, 7) is 2.60. The number of nitrogens with zero attached hydrogens (tertiary/aromatic N) is 4. The van der Waals surface area contributed by atoms with Gasteiger partial charge in [0.1, 0.15) is 10.9 Å². The lowest BCUT2D eigenvalue weighted by molar-refractivity contribution is -0.135. The Morgan fingerprint density at radius 3 is 2.76 bits per heavy atom. The van der Waals surface area contributed by atoms with Crippen LogP contribution in [-0.4, -0.2) is 60.2 Å². The van der Waals surface area contributed by atoms with Crippen molar-refractivity contribution in [2.24, 2.45) is 5.92 Å². The fourth-order valence-electron chi connectivity index (χ4n) is 4.60. The van der Waals surface area contributed by atoms with E-state index in [4.69, 9.17) is 31.8 Å². The van der Waals surface area contributed by atoms with Crippen LogP contribution in [0.4, 0.5) is 11.5 Å². The predicted molar refractivity (Wildman–Crippen MR) is 127 cm³/mol. The van der Waals surface area contributed by atoms with Gasteiger partial charge in [0, 0.05) is 51.0 Å². The monoisotopic (exact) mass is 471 g/mol. The van der Waals surface area contributed by atoms with Crippen LogP contribution in [0.5, 0.6) is 11.5 Å². The lowest BCUT2D eigenvalue weighted by Gasteiger charge is -2.42. The molecule has 2 aliphatic carbocycles. The van der Waals surface area contributed by atoms with Gasteiger partial charge in [0.05, 0.1) is 30.5 Å². The molecule has 0 unspecified atom stereocenters. The van der Waals surface area contributed by atoms with E-state index >= 15 is 0 Å². The van der Waals surface area contributed by atoms with E-state index in [1.54, 1.807) is 25.4 Å². The van der Waals surface area contributed by atoms with Gasteiger partial charge in [0.15, 0.2) is 11.6 Å². The smallest absolute Gasteiger partial charge is 0.225 e. The molecule has 1 atom stereocenters. The number of pyridine rings is 2. The number of hydrogen-bond acceptors (Lipinski definition) is 7. The first-order valence-electron chi connectivity index (χ1n) is 11.7. The number of halogens is 1. The van der Waals surface area contributed by atoms with Gasteiger partial charge in [-0.25, -0.2) is 9.97 Å². The second-order valence-corrected chi connectivity index (χ2v) is 9.54. The molecular weight excluding hydrogens is 442 g/mol. The van der Waals surface area contributed by atoms with E-state index in [2.05, 4.69) is 14.8 Å². The summed E-state index contributed by atoms with van der Waals surface area (Å²) in [4.78, 5) is 26.1. The molecule has 1 aliphatic heterocycles. The first-order valence-corrected chi connectivity index (χ1v) is 12.0. The Kier molecular flexibility index (Phi) is 6.29. The van der Waals surface area contributed by atoms with Crippen LogP contribution in [0.25, 0.3) is 0 Å². The Bertz CT molecular complexity index is 1030. The largest absolute Gasteiger partial charge is 0.455 e. The molecule has 0 aromatic carbocycles. The minimum absolute atomic E-state index is 0.174. The molecule has 3 fully saturated rings. The molecule has 9 heteroatoms. The molecule has 5 rings (SSSR count). The zero-order valence-corrected chi connectivity index (χ0v) is 19.6. The summed E-state index contributed by atoms with van der Waals surface area (Å²) >= 11 is 6.02. The number of rotatable bonds is 8. The van der Waals surface area contributed by atoms with E-state index in [9.17, 15) is 4.79 Å². The Morgan fingerprint density at radius 2 is 2.06 bits per heavy atom. The van der Waals surface area contributed by atoms with E-state index in [0.717, 1.165) is 30.9 Å². The molecular formula is C24H30ClN5O3. The van der Waals surface area contributed by atoms with Crippen molar-refractivity contribution in [3.8, 4) is 11.5 Å². The zero-order chi connectivity index (χ0) is 22.9. The third kappa shape index (κ3) is 5.01. The van der Waals surface area contributed by atoms with Gasteiger partial charge in [-0.15, -0.1) is 0 Å². The molecule has 3 aliphatic rings. The summed E-state index contributed by atoms with van der Waals surface area (Å²) < 4.78 is 11.2. The van der Waals surface area contributed by atoms with Gasteiger partial charge < -0.3 is 25.0 Å². The van der Waals surface area contributed by atoms with E-state index in [0.29, 0.717) is 60.3 Å². The van der Waals surface area contributed by atoms with Crippen LogP contribution in [0.15, 0.2) is 24.4 Å². The van der Waals surface area contributed by atoms with Crippen molar-refractivity contribution in [2.75, 3.05) is 44.0 Å². The third-order valence-corrected chi connectivity index (χ3v) is 6.84. The van der Waals surface area contributed by atoms with Crippen molar-refractivity contribution >= 4 is 29.0 Å². The van der Waals surface area contributed by atoms with Gasteiger partial charge in [-0.05, 0) is 37.7 Å². The molecule has 0 spiro atoms. The van der Waals surface area contributed by atoms with Crippen LogP contribution in [0.3, 0.4) is 0 Å². The minimum atomic E-state index is 0.174. The second kappa shape index (κ2) is 9.35. The predicted octanol–water partition coefficient (Wildman–Crippen LogP) is 3.85. The Hall–Kier alpha value is -2.58. The molecule has 33 heavy (non-hydrogen) atoms. The topological polar surface area (TPSA) is 93.8 Å². The standard InChI is InChI=1S/C24H30ClN5O3/c1-32-11-7-22(31)30-10-9-29(14-19(30)15-2-3-15)24-18(26)13-20(23(28-24)16-4-5-16)33-17-6-8-27-21(25)12-17/h6,8,12-13,15-16,19H,2-5,7,9-11,14,26H2,1H3/t19-/m0/s1. The molecule has 2 aromatic rings. The first kappa shape index (κ1) is 22.2. The molecule has 2 N–H and O–H groups in total. The Morgan fingerprint density at radius 1 is 1.24 bits per heavy atom. The molecule has 2 aromatic heterocycles. The summed E-state index contributed by atoms with van der Waals surface area (Å²) in [5.74, 6) is 3.20. The average molecular weight is 472 g/mol. The number of methoxy groups -OCH3 is 1. The van der Waals surface area contributed by atoms with E-state index in [1.807, 2.05) is 6.07 Å². The number of amides is 1. The fraction of sp³-hybridized carbons (Fsp3) is 0.542. The zero-order valence-electron chi connectivity index (χ0n) is 18.9. The number of anilines is 2. The lowest BCUT2D eigenvalue weighted by atomic mass is 10.1. The Balaban J connectivity index is 1.38. The van der Waals surface area contributed by atoms with Crippen molar-refractivity contribution in [3.05, 3.63) is 35.2 Å². The quantitative estimate of drug-likeness (QED) is 0.584. The van der Waals surface area contributed by atoms with Crippen LogP contribution < -0.4 is 15.4 Å². The molecule has 1 saturated heterocycles. The van der Waals surface area contributed by atoms with Gasteiger partial charge in [0.2, 0.25) is 5.91 Å². The summed E-state index contributed by atoms with van der Waals surface area (Å²) in [6, 6.07) is 5.53. The second-order valence-electron chi connectivity index (χ2n) is 9.16. The number of aromatic nitrogens is 2. The molecule has 0 bridgehead atoms. The number of carbonyl (C=O) groups is 1. The van der Waals surface area contributed by atoms with Crippen LogP contribution in [0.1, 0.15) is 43.7 Å². The van der Waals surface area contributed by atoms with Crippen LogP contribution >= 0.6 is 11.6 Å². The highest BCUT2D eigenvalue weighted by Gasteiger charge is 2.41. The highest BCUT2D eigenvalue weighted by molar-refractivity contribution is 6.29. The van der Waals surface area contributed by atoms with E-state index in [-0.39, 0.29) is 11.9 Å². The summed E-state index contributed by atoms with van der Waals surface area (Å²) in [6.07, 6.45) is 6.57. The fourth-order valence-corrected chi connectivity index (χ4v) is 4.77. The average Bonchev–Trinajstić information content (AvgIpc) is 3.70. The van der Waals surface area contributed by atoms with Crippen LogP contribution in [0.2, 0.25) is 5.15 Å². The maximum Gasteiger partial charge on any atom is 0.225 e. The van der Waals surface area contributed by atoms with Gasteiger partial charge >= 0.3 is 0 Å². The molecule has 8 nitrogen and oxygen atoms in total. The minimum Gasteiger partial charge on any atom is -0.455 e. The summed E-state index contributed by atoms with van der Waals surface area (Å²) in [7, 11) is 1.63. The molecule has 0 radical (unpaired) electrons. The van der Waals surface area contributed by atoms with Crippen molar-refractivity contribution in [1.82, 2.24) is 14.9 Å². The number of carbonyl (C=O) groups excluding carboxylic acids is 1. The highest BCUT2D eigenvalue weighted by Crippen LogP contribution is 2.47. The van der Waals surface area contributed by atoms with Crippen molar-refractivity contribution in [2.45, 2.75) is 44.1 Å². The molecule has 3 heterocycles. The van der Waals surface area contributed by atoms with Gasteiger partial charge in [-0.2, -0.15) is 0 Å². The van der Waals surface area contributed by atoms with E-state index in [1.165, 1.54) is 12.8 Å². The molecule has 1 amide bonds. The first-order chi connectivity index (χ1) is 16.0. The number of ether oxygens (including phenoxy) is 2. The van der Waals surface area contributed by atoms with E-state index < -0.39 is 0 Å². The number of piperazine rings is 1. The maximum absolute atomic E-state index is 12.8. The SMILES string of the molecule is COCCC(=O)N1CCN(c2nc(C3CC3)c(Oc3ccnc(Cl)c3)cc2N)C[C@H]1C1CC1. The van der Waals surface area contributed by atoms with Gasteiger partial charge in [0.25, 0.3) is 0 Å². The number of nitrogens with two attached hydrogens (primary N) is 1. The van der Waals surface area contributed by atoms with Crippen molar-refractivity contribution in [3.63, 3.8) is 0 Å². The van der Waals surface area contributed by atoms with Crippen LogP contribution in [0, 0.1) is 5.92 Å². The number of hydrogen-bond donors (Lipinski definition) is 1. The normalized spacial score (nSPS) is 20.7. The van der Waals surface area contributed by atoms with Gasteiger partial charge in [-0.3, -0.25) is 4.79 Å². The summed E-state index contributed by atoms with van der Waals surface area (Å²) in [5, 5.41) is 0.377. The van der Waals surface area contributed by atoms with Crippen LogP contribution in [-0.2, 0) is 9.53 Å².